The average molecular weight is 462 g/mol. The first kappa shape index (κ1) is 21.6. The highest BCUT2D eigenvalue weighted by molar-refractivity contribution is 7.99. The molecule has 3 aromatic rings. The van der Waals surface area contributed by atoms with E-state index in [0.717, 1.165) is 19.3 Å². The maximum atomic E-state index is 13.1. The standard InChI is InChI=1S/C20H23N5O4S2/c1-29-16-9-8-15(13-17(16)31(27,28)24-10-4-2-5-11-24)21-19(26)14-30-20-23-22-18-7-3-6-12-25(18)20/h3,6-9,12-13H,2,4-5,10-11,14H2,1H3,(H,21,26). The number of methoxy groups -OCH3 is 1. The fourth-order valence-electron chi connectivity index (χ4n) is 3.45. The summed E-state index contributed by atoms with van der Waals surface area (Å²) >= 11 is 1.25. The van der Waals surface area contributed by atoms with Crippen molar-refractivity contribution in [3.63, 3.8) is 0 Å². The fourth-order valence-corrected chi connectivity index (χ4v) is 5.87. The number of pyridine rings is 1. The van der Waals surface area contributed by atoms with E-state index in [2.05, 4.69) is 15.5 Å². The molecule has 1 amide bonds. The number of thioether (sulfide) groups is 1. The van der Waals surface area contributed by atoms with E-state index in [1.165, 1.54) is 29.2 Å². The monoisotopic (exact) mass is 461 g/mol. The number of ether oxygens (including phenoxy) is 1. The van der Waals surface area contributed by atoms with E-state index in [4.69, 9.17) is 4.74 Å². The minimum absolute atomic E-state index is 0.0609. The minimum Gasteiger partial charge on any atom is -0.495 e. The second-order valence-corrected chi connectivity index (χ2v) is 9.93. The summed E-state index contributed by atoms with van der Waals surface area (Å²) in [6, 6.07) is 10.2. The lowest BCUT2D eigenvalue weighted by Crippen LogP contribution is -2.35. The smallest absolute Gasteiger partial charge is 0.246 e. The van der Waals surface area contributed by atoms with Gasteiger partial charge in [-0.2, -0.15) is 4.31 Å². The fraction of sp³-hybridized carbons (Fsp3) is 0.350. The molecule has 164 valence electrons. The van der Waals surface area contributed by atoms with Gasteiger partial charge in [0.2, 0.25) is 15.9 Å². The van der Waals surface area contributed by atoms with Crippen molar-refractivity contribution in [1.29, 1.82) is 0 Å². The molecule has 2 aromatic heterocycles. The summed E-state index contributed by atoms with van der Waals surface area (Å²) in [6.07, 6.45) is 4.54. The van der Waals surface area contributed by atoms with Gasteiger partial charge in [0.15, 0.2) is 10.8 Å². The summed E-state index contributed by atoms with van der Waals surface area (Å²) in [5, 5.41) is 11.5. The first-order chi connectivity index (χ1) is 15.0. The third kappa shape index (κ3) is 4.68. The number of benzene rings is 1. The van der Waals surface area contributed by atoms with Gasteiger partial charge in [-0.3, -0.25) is 9.20 Å². The Bertz CT molecular complexity index is 1190. The van der Waals surface area contributed by atoms with E-state index in [9.17, 15) is 13.2 Å². The van der Waals surface area contributed by atoms with Crippen LogP contribution in [0.3, 0.4) is 0 Å². The molecule has 31 heavy (non-hydrogen) atoms. The number of amides is 1. The van der Waals surface area contributed by atoms with Crippen LogP contribution in [0.5, 0.6) is 5.75 Å². The minimum atomic E-state index is -3.70. The Hall–Kier alpha value is -2.63. The second kappa shape index (κ2) is 9.25. The number of aromatic nitrogens is 3. The van der Waals surface area contributed by atoms with Gasteiger partial charge in [0, 0.05) is 25.0 Å². The van der Waals surface area contributed by atoms with Crippen molar-refractivity contribution in [2.45, 2.75) is 29.3 Å². The number of nitrogens with zero attached hydrogens (tertiary/aromatic N) is 4. The lowest BCUT2D eigenvalue weighted by Gasteiger charge is -2.26. The van der Waals surface area contributed by atoms with Gasteiger partial charge in [0.25, 0.3) is 0 Å². The molecule has 11 heteroatoms. The Morgan fingerprint density at radius 3 is 2.74 bits per heavy atom. The van der Waals surface area contributed by atoms with Crippen LogP contribution in [0.1, 0.15) is 19.3 Å². The molecule has 1 aromatic carbocycles. The highest BCUT2D eigenvalue weighted by Gasteiger charge is 2.29. The molecule has 0 aliphatic carbocycles. The summed E-state index contributed by atoms with van der Waals surface area (Å²) in [4.78, 5) is 12.5. The maximum absolute atomic E-state index is 13.1. The van der Waals surface area contributed by atoms with Crippen LogP contribution in [0.2, 0.25) is 0 Å². The van der Waals surface area contributed by atoms with E-state index < -0.39 is 10.0 Å². The number of anilines is 1. The van der Waals surface area contributed by atoms with Gasteiger partial charge >= 0.3 is 0 Å². The predicted octanol–water partition coefficient (Wildman–Crippen LogP) is 2.64. The topological polar surface area (TPSA) is 106 Å². The Kier molecular flexibility index (Phi) is 6.44. The lowest BCUT2D eigenvalue weighted by molar-refractivity contribution is -0.113. The van der Waals surface area contributed by atoms with Gasteiger partial charge < -0.3 is 10.1 Å². The van der Waals surface area contributed by atoms with Crippen molar-refractivity contribution < 1.29 is 17.9 Å². The van der Waals surface area contributed by atoms with Gasteiger partial charge in [0.05, 0.1) is 12.9 Å². The Balaban J connectivity index is 1.48. The van der Waals surface area contributed by atoms with Gasteiger partial charge in [-0.15, -0.1) is 10.2 Å². The number of carbonyl (C=O) groups is 1. The van der Waals surface area contributed by atoms with Crippen molar-refractivity contribution in [2.75, 3.05) is 31.3 Å². The number of piperidine rings is 1. The second-order valence-electron chi connectivity index (χ2n) is 7.08. The molecule has 4 rings (SSSR count). The van der Waals surface area contributed by atoms with Gasteiger partial charge in [-0.1, -0.05) is 24.2 Å². The van der Waals surface area contributed by atoms with Crippen molar-refractivity contribution in [3.8, 4) is 5.75 Å². The molecule has 9 nitrogen and oxygen atoms in total. The van der Waals surface area contributed by atoms with E-state index in [1.54, 1.807) is 16.5 Å². The van der Waals surface area contributed by atoms with Crippen molar-refractivity contribution in [1.82, 2.24) is 18.9 Å². The zero-order valence-electron chi connectivity index (χ0n) is 17.0. The molecular weight excluding hydrogens is 438 g/mol. The Morgan fingerprint density at radius 1 is 1.16 bits per heavy atom. The normalized spacial score (nSPS) is 15.1. The number of nitrogens with one attached hydrogen (secondary N) is 1. The Morgan fingerprint density at radius 2 is 1.97 bits per heavy atom. The first-order valence-corrected chi connectivity index (χ1v) is 12.3. The highest BCUT2D eigenvalue weighted by Crippen LogP contribution is 2.31. The highest BCUT2D eigenvalue weighted by atomic mass is 32.2. The van der Waals surface area contributed by atoms with Crippen LogP contribution in [0.25, 0.3) is 5.65 Å². The van der Waals surface area contributed by atoms with Crippen LogP contribution in [-0.4, -0.2) is 59.2 Å². The molecule has 0 saturated carbocycles. The SMILES string of the molecule is COc1ccc(NC(=O)CSc2nnc3ccccn23)cc1S(=O)(=O)N1CCCCC1. The maximum Gasteiger partial charge on any atom is 0.246 e. The van der Waals surface area contributed by atoms with Crippen molar-refractivity contribution >= 4 is 39.0 Å². The van der Waals surface area contributed by atoms with Gasteiger partial charge in [-0.05, 0) is 43.2 Å². The van der Waals surface area contributed by atoms with Crippen LogP contribution in [0, 0.1) is 0 Å². The number of sulfonamides is 1. The molecule has 0 spiro atoms. The molecule has 1 aliphatic rings. The molecule has 0 atom stereocenters. The summed E-state index contributed by atoms with van der Waals surface area (Å²) in [5.74, 6) is 0.0904. The van der Waals surface area contributed by atoms with Crippen LogP contribution >= 0.6 is 11.8 Å². The van der Waals surface area contributed by atoms with Gasteiger partial charge in [0.1, 0.15) is 10.6 Å². The van der Waals surface area contributed by atoms with Crippen LogP contribution in [0.4, 0.5) is 5.69 Å². The van der Waals surface area contributed by atoms with E-state index in [-0.39, 0.29) is 22.3 Å². The molecule has 1 saturated heterocycles. The quantitative estimate of drug-likeness (QED) is 0.539. The van der Waals surface area contributed by atoms with Crippen molar-refractivity contribution in [3.05, 3.63) is 42.6 Å². The molecule has 0 unspecified atom stereocenters. The molecule has 0 radical (unpaired) electrons. The van der Waals surface area contributed by atoms with E-state index in [0.29, 0.717) is 29.6 Å². The van der Waals surface area contributed by atoms with Crippen LogP contribution in [-0.2, 0) is 14.8 Å². The molecule has 1 N–H and O–H groups in total. The molecule has 0 bridgehead atoms. The van der Waals surface area contributed by atoms with E-state index in [1.807, 2.05) is 24.4 Å². The Labute approximate surface area is 184 Å². The largest absolute Gasteiger partial charge is 0.495 e. The van der Waals surface area contributed by atoms with Crippen LogP contribution < -0.4 is 10.1 Å². The molecule has 1 fully saturated rings. The number of carbonyl (C=O) groups excluding carboxylic acids is 1. The van der Waals surface area contributed by atoms with Crippen molar-refractivity contribution in [2.24, 2.45) is 0 Å². The summed E-state index contributed by atoms with van der Waals surface area (Å²) < 4.78 is 34.8. The molecule has 1 aliphatic heterocycles. The third-order valence-electron chi connectivity index (χ3n) is 5.00. The summed E-state index contributed by atoms with van der Waals surface area (Å²) in [7, 11) is -2.27. The molecular formula is C20H23N5O4S2. The molecule has 3 heterocycles. The van der Waals surface area contributed by atoms with Gasteiger partial charge in [-0.25, -0.2) is 8.42 Å². The van der Waals surface area contributed by atoms with E-state index >= 15 is 0 Å². The number of rotatable bonds is 7. The average Bonchev–Trinajstić information content (AvgIpc) is 3.21. The summed E-state index contributed by atoms with van der Waals surface area (Å²) in [6.45, 7) is 0.982. The number of fused-ring (bicyclic) bond motifs is 1. The number of hydrogen-bond acceptors (Lipinski definition) is 7. The first-order valence-electron chi connectivity index (χ1n) is 9.89. The lowest BCUT2D eigenvalue weighted by atomic mass is 10.2. The zero-order chi connectivity index (χ0) is 21.8. The predicted molar refractivity (Wildman–Crippen MR) is 118 cm³/mol. The third-order valence-corrected chi connectivity index (χ3v) is 7.86. The van der Waals surface area contributed by atoms with Crippen LogP contribution in [0.15, 0.2) is 52.6 Å². The zero-order valence-corrected chi connectivity index (χ0v) is 18.7. The summed E-state index contributed by atoms with van der Waals surface area (Å²) in [5.41, 5.74) is 1.10. The number of hydrogen-bond donors (Lipinski definition) is 1.